The molecule has 0 atom stereocenters. The fourth-order valence-electron chi connectivity index (χ4n) is 2.56. The summed E-state index contributed by atoms with van der Waals surface area (Å²) in [6.07, 6.45) is 4.83. The van der Waals surface area contributed by atoms with Crippen LogP contribution >= 0.6 is 11.3 Å². The van der Waals surface area contributed by atoms with Gasteiger partial charge in [-0.2, -0.15) is 0 Å². The maximum absolute atomic E-state index is 12.1. The van der Waals surface area contributed by atoms with Crippen LogP contribution in [0.1, 0.15) is 37.5 Å². The quantitative estimate of drug-likeness (QED) is 0.809. The van der Waals surface area contributed by atoms with Crippen molar-refractivity contribution in [3.63, 3.8) is 0 Å². The average Bonchev–Trinajstić information content (AvgIpc) is 2.90. The molecule has 1 aliphatic rings. The first-order valence-corrected chi connectivity index (χ1v) is 9.61. The number of thiophene rings is 1. The zero-order chi connectivity index (χ0) is 13.7. The van der Waals surface area contributed by atoms with Crippen molar-refractivity contribution in [1.29, 1.82) is 0 Å². The Morgan fingerprint density at radius 3 is 2.68 bits per heavy atom. The minimum atomic E-state index is -2.99. The Kier molecular flexibility index (Phi) is 5.42. The van der Waals surface area contributed by atoms with Crippen LogP contribution in [0, 0.1) is 5.92 Å². The molecule has 0 aliphatic carbocycles. The number of nitrogens with zero attached hydrogens (tertiary/aromatic N) is 1. The van der Waals surface area contributed by atoms with Crippen molar-refractivity contribution in [1.82, 2.24) is 4.31 Å². The van der Waals surface area contributed by atoms with Crippen LogP contribution in [0.2, 0.25) is 0 Å². The van der Waals surface area contributed by atoms with E-state index in [-0.39, 0.29) is 0 Å². The van der Waals surface area contributed by atoms with E-state index < -0.39 is 10.0 Å². The smallest absolute Gasteiger partial charge is 0.212 e. The lowest BCUT2D eigenvalue weighted by Gasteiger charge is -2.31. The summed E-state index contributed by atoms with van der Waals surface area (Å²) in [6, 6.07) is 4.26. The number of unbranched alkanes of at least 4 members (excludes halogenated alkanes) is 1. The molecule has 0 aromatic carbocycles. The number of hydrogen-bond acceptors (Lipinski definition) is 3. The summed E-state index contributed by atoms with van der Waals surface area (Å²) < 4.78 is 25.9. The molecular formula is C14H23NO2S2. The first-order chi connectivity index (χ1) is 9.12. The molecule has 3 nitrogen and oxygen atoms in total. The fourth-order valence-corrected chi connectivity index (χ4v) is 5.06. The molecule has 2 rings (SSSR count). The molecule has 0 saturated carbocycles. The van der Waals surface area contributed by atoms with Crippen molar-refractivity contribution in [2.45, 2.75) is 39.0 Å². The van der Waals surface area contributed by atoms with Crippen LogP contribution in [0.4, 0.5) is 0 Å². The van der Waals surface area contributed by atoms with E-state index in [2.05, 4.69) is 17.5 Å². The Hall–Kier alpha value is -0.390. The molecule has 0 radical (unpaired) electrons. The van der Waals surface area contributed by atoms with Crippen LogP contribution in [0.5, 0.6) is 0 Å². The molecule has 1 aliphatic heterocycles. The molecule has 108 valence electrons. The van der Waals surface area contributed by atoms with E-state index in [1.165, 1.54) is 4.88 Å². The Bertz CT molecular complexity index is 460. The molecule has 1 fully saturated rings. The highest BCUT2D eigenvalue weighted by atomic mass is 32.2. The Morgan fingerprint density at radius 2 is 2.11 bits per heavy atom. The zero-order valence-electron chi connectivity index (χ0n) is 11.5. The highest BCUT2D eigenvalue weighted by Crippen LogP contribution is 2.25. The van der Waals surface area contributed by atoms with Gasteiger partial charge in [-0.3, -0.25) is 0 Å². The first-order valence-electron chi connectivity index (χ1n) is 7.12. The second-order valence-electron chi connectivity index (χ2n) is 5.30. The van der Waals surface area contributed by atoms with Gasteiger partial charge in [-0.15, -0.1) is 11.3 Å². The van der Waals surface area contributed by atoms with Crippen molar-refractivity contribution in [2.24, 2.45) is 5.92 Å². The first kappa shape index (κ1) is 15.0. The molecule has 19 heavy (non-hydrogen) atoms. The van der Waals surface area contributed by atoms with Crippen molar-refractivity contribution >= 4 is 21.4 Å². The van der Waals surface area contributed by atoms with Crippen LogP contribution in [0.15, 0.2) is 17.5 Å². The average molecular weight is 301 g/mol. The molecular weight excluding hydrogens is 278 g/mol. The second kappa shape index (κ2) is 6.86. The summed E-state index contributed by atoms with van der Waals surface area (Å²) in [6.45, 7) is 3.45. The SMILES string of the molecule is CCCCS(=O)(=O)N1CCC(Cc2cccs2)CC1. The normalized spacial score (nSPS) is 18.8. The summed E-state index contributed by atoms with van der Waals surface area (Å²) in [4.78, 5) is 1.42. The Labute approximate surface area is 120 Å². The van der Waals surface area contributed by atoms with E-state index in [0.29, 0.717) is 24.8 Å². The maximum Gasteiger partial charge on any atom is 0.214 e. The van der Waals surface area contributed by atoms with Gasteiger partial charge in [0.2, 0.25) is 10.0 Å². The van der Waals surface area contributed by atoms with Gasteiger partial charge in [0.1, 0.15) is 0 Å². The minimum absolute atomic E-state index is 0.319. The van der Waals surface area contributed by atoms with Gasteiger partial charge < -0.3 is 0 Å². The maximum atomic E-state index is 12.1. The van der Waals surface area contributed by atoms with Gasteiger partial charge in [-0.25, -0.2) is 12.7 Å². The monoisotopic (exact) mass is 301 g/mol. The van der Waals surface area contributed by atoms with E-state index in [9.17, 15) is 8.42 Å². The van der Waals surface area contributed by atoms with Gasteiger partial charge in [0, 0.05) is 18.0 Å². The highest BCUT2D eigenvalue weighted by molar-refractivity contribution is 7.89. The van der Waals surface area contributed by atoms with Crippen molar-refractivity contribution in [3.8, 4) is 0 Å². The van der Waals surface area contributed by atoms with Gasteiger partial charge in [-0.1, -0.05) is 19.4 Å². The molecule has 0 bridgehead atoms. The third-order valence-electron chi connectivity index (χ3n) is 3.79. The predicted octanol–water partition coefficient (Wildman–Crippen LogP) is 3.13. The summed E-state index contributed by atoms with van der Waals surface area (Å²) in [5, 5.41) is 2.11. The van der Waals surface area contributed by atoms with Gasteiger partial charge >= 0.3 is 0 Å². The number of rotatable bonds is 6. The molecule has 0 spiro atoms. The number of piperidine rings is 1. The third-order valence-corrected chi connectivity index (χ3v) is 6.65. The molecule has 2 heterocycles. The van der Waals surface area contributed by atoms with Gasteiger partial charge in [0.25, 0.3) is 0 Å². The molecule has 1 saturated heterocycles. The van der Waals surface area contributed by atoms with Crippen molar-refractivity contribution in [2.75, 3.05) is 18.8 Å². The van der Waals surface area contributed by atoms with Crippen LogP contribution in [-0.2, 0) is 16.4 Å². The van der Waals surface area contributed by atoms with Crippen LogP contribution in [0.3, 0.4) is 0 Å². The molecule has 0 N–H and O–H groups in total. The molecule has 1 aromatic rings. The van der Waals surface area contributed by atoms with Crippen molar-refractivity contribution in [3.05, 3.63) is 22.4 Å². The summed E-state index contributed by atoms with van der Waals surface area (Å²) in [5.41, 5.74) is 0. The standard InChI is InChI=1S/C14H23NO2S2/c1-2-3-11-19(16,17)15-8-6-13(7-9-15)12-14-5-4-10-18-14/h4-5,10,13H,2-3,6-9,11-12H2,1H3. The number of sulfonamides is 1. The predicted molar refractivity (Wildman–Crippen MR) is 81.0 cm³/mol. The summed E-state index contributed by atoms with van der Waals surface area (Å²) in [5.74, 6) is 0.968. The lowest BCUT2D eigenvalue weighted by atomic mass is 9.94. The van der Waals surface area contributed by atoms with E-state index in [0.717, 1.165) is 32.1 Å². The lowest BCUT2D eigenvalue weighted by Crippen LogP contribution is -2.40. The number of hydrogen-bond donors (Lipinski definition) is 0. The van der Waals surface area contributed by atoms with Gasteiger partial charge in [0.15, 0.2) is 0 Å². The molecule has 0 amide bonds. The Balaban J connectivity index is 1.82. The lowest BCUT2D eigenvalue weighted by molar-refractivity contribution is 0.273. The van der Waals surface area contributed by atoms with E-state index >= 15 is 0 Å². The molecule has 1 aromatic heterocycles. The van der Waals surface area contributed by atoms with Crippen LogP contribution in [-0.4, -0.2) is 31.6 Å². The van der Waals surface area contributed by atoms with E-state index in [1.807, 2.05) is 6.92 Å². The zero-order valence-corrected chi connectivity index (χ0v) is 13.2. The second-order valence-corrected chi connectivity index (χ2v) is 8.42. The summed E-state index contributed by atoms with van der Waals surface area (Å²) >= 11 is 1.80. The fraction of sp³-hybridized carbons (Fsp3) is 0.714. The van der Waals surface area contributed by atoms with Crippen molar-refractivity contribution < 1.29 is 8.42 Å². The van der Waals surface area contributed by atoms with Gasteiger partial charge in [-0.05, 0) is 43.0 Å². The highest BCUT2D eigenvalue weighted by Gasteiger charge is 2.27. The van der Waals surface area contributed by atoms with Crippen LogP contribution in [0.25, 0.3) is 0 Å². The van der Waals surface area contributed by atoms with E-state index in [1.54, 1.807) is 15.6 Å². The Morgan fingerprint density at radius 1 is 1.37 bits per heavy atom. The van der Waals surface area contributed by atoms with Gasteiger partial charge in [0.05, 0.1) is 5.75 Å². The van der Waals surface area contributed by atoms with E-state index in [4.69, 9.17) is 0 Å². The van der Waals surface area contributed by atoms with Crippen LogP contribution < -0.4 is 0 Å². The molecule has 0 unspecified atom stereocenters. The largest absolute Gasteiger partial charge is 0.214 e. The summed E-state index contributed by atoms with van der Waals surface area (Å²) in [7, 11) is -2.99. The molecule has 5 heteroatoms. The minimum Gasteiger partial charge on any atom is -0.212 e. The third kappa shape index (κ3) is 4.29. The topological polar surface area (TPSA) is 37.4 Å².